The SMILES string of the molecule is COc1ccc(C)cc1NC(=O)CNC(=O)c1cn(-c2ccccc2)nc1-c1cccs1. The minimum absolute atomic E-state index is 0.184. The maximum Gasteiger partial charge on any atom is 0.255 e. The van der Waals surface area contributed by atoms with Crippen molar-refractivity contribution in [3.8, 4) is 22.0 Å². The van der Waals surface area contributed by atoms with E-state index in [1.54, 1.807) is 24.1 Å². The van der Waals surface area contributed by atoms with Crippen molar-refractivity contribution in [2.24, 2.45) is 0 Å². The molecule has 162 valence electrons. The molecule has 0 radical (unpaired) electrons. The summed E-state index contributed by atoms with van der Waals surface area (Å²) in [7, 11) is 1.54. The Morgan fingerprint density at radius 1 is 1.09 bits per heavy atom. The third-order valence-electron chi connectivity index (χ3n) is 4.77. The van der Waals surface area contributed by atoms with Crippen LogP contribution in [0.2, 0.25) is 0 Å². The first-order valence-electron chi connectivity index (χ1n) is 9.97. The molecule has 2 aromatic heterocycles. The van der Waals surface area contributed by atoms with Crippen molar-refractivity contribution < 1.29 is 14.3 Å². The van der Waals surface area contributed by atoms with E-state index in [9.17, 15) is 9.59 Å². The standard InChI is InChI=1S/C24H22N4O3S/c1-16-10-11-20(31-2)19(13-16)26-22(29)14-25-24(30)18-15-28(17-7-4-3-5-8-17)27-23(18)21-9-6-12-32-21/h3-13,15H,14H2,1-2H3,(H,25,30)(H,26,29). The van der Waals surface area contributed by atoms with Gasteiger partial charge in [0.05, 0.1) is 35.5 Å². The summed E-state index contributed by atoms with van der Waals surface area (Å²) in [6.45, 7) is 1.74. The number of benzene rings is 2. The average Bonchev–Trinajstić information content (AvgIpc) is 3.48. The van der Waals surface area contributed by atoms with Crippen molar-refractivity contribution in [1.29, 1.82) is 0 Å². The molecule has 0 aliphatic heterocycles. The Kier molecular flexibility index (Phi) is 6.32. The van der Waals surface area contributed by atoms with Gasteiger partial charge in [-0.1, -0.05) is 30.3 Å². The molecular weight excluding hydrogens is 424 g/mol. The van der Waals surface area contributed by atoms with Crippen molar-refractivity contribution in [2.75, 3.05) is 19.0 Å². The molecule has 7 nitrogen and oxygen atoms in total. The van der Waals surface area contributed by atoms with Gasteiger partial charge in [0.1, 0.15) is 11.4 Å². The highest BCUT2D eigenvalue weighted by Crippen LogP contribution is 2.28. The first-order chi connectivity index (χ1) is 15.5. The minimum atomic E-state index is -0.373. The summed E-state index contributed by atoms with van der Waals surface area (Å²) in [4.78, 5) is 26.3. The second-order valence-electron chi connectivity index (χ2n) is 7.08. The van der Waals surface area contributed by atoms with Gasteiger partial charge in [-0.05, 0) is 48.2 Å². The van der Waals surface area contributed by atoms with Gasteiger partial charge in [0, 0.05) is 6.20 Å². The number of rotatable bonds is 7. The van der Waals surface area contributed by atoms with Crippen LogP contribution in [0.25, 0.3) is 16.3 Å². The third-order valence-corrected chi connectivity index (χ3v) is 5.65. The van der Waals surface area contributed by atoms with E-state index in [2.05, 4.69) is 15.7 Å². The highest BCUT2D eigenvalue weighted by molar-refractivity contribution is 7.13. The Hall–Kier alpha value is -3.91. The minimum Gasteiger partial charge on any atom is -0.495 e. The molecular formula is C24H22N4O3S. The molecule has 0 saturated heterocycles. The number of anilines is 1. The smallest absolute Gasteiger partial charge is 0.255 e. The number of ether oxygens (including phenoxy) is 1. The zero-order valence-corrected chi connectivity index (χ0v) is 18.5. The van der Waals surface area contributed by atoms with E-state index in [4.69, 9.17) is 4.74 Å². The number of aryl methyl sites for hydroxylation is 1. The first-order valence-corrected chi connectivity index (χ1v) is 10.8. The van der Waals surface area contributed by atoms with Crippen molar-refractivity contribution >= 4 is 28.8 Å². The third kappa shape index (κ3) is 4.70. The molecule has 4 rings (SSSR count). The summed E-state index contributed by atoms with van der Waals surface area (Å²) < 4.78 is 6.95. The Bertz CT molecular complexity index is 1230. The van der Waals surface area contributed by atoms with Crippen LogP contribution in [0.15, 0.2) is 72.2 Å². The van der Waals surface area contributed by atoms with Crippen LogP contribution in [0.1, 0.15) is 15.9 Å². The summed E-state index contributed by atoms with van der Waals surface area (Å²) >= 11 is 1.50. The normalized spacial score (nSPS) is 10.6. The van der Waals surface area contributed by atoms with Gasteiger partial charge in [-0.3, -0.25) is 9.59 Å². The lowest BCUT2D eigenvalue weighted by atomic mass is 10.2. The van der Waals surface area contributed by atoms with Gasteiger partial charge in [-0.15, -0.1) is 11.3 Å². The van der Waals surface area contributed by atoms with Gasteiger partial charge in [0.25, 0.3) is 5.91 Å². The van der Waals surface area contributed by atoms with Gasteiger partial charge in [-0.2, -0.15) is 5.10 Å². The highest BCUT2D eigenvalue weighted by atomic mass is 32.1. The van der Waals surface area contributed by atoms with Crippen molar-refractivity contribution in [2.45, 2.75) is 6.92 Å². The lowest BCUT2D eigenvalue weighted by Gasteiger charge is -2.11. The van der Waals surface area contributed by atoms with Crippen LogP contribution in [-0.4, -0.2) is 35.2 Å². The number of hydrogen-bond acceptors (Lipinski definition) is 5. The summed E-state index contributed by atoms with van der Waals surface area (Å²) in [5.41, 5.74) is 3.36. The molecule has 2 aromatic carbocycles. The molecule has 0 aliphatic rings. The molecule has 32 heavy (non-hydrogen) atoms. The van der Waals surface area contributed by atoms with E-state index in [1.807, 2.05) is 66.9 Å². The summed E-state index contributed by atoms with van der Waals surface area (Å²) in [6.07, 6.45) is 1.68. The van der Waals surface area contributed by atoms with Crippen LogP contribution in [0.5, 0.6) is 5.75 Å². The van der Waals surface area contributed by atoms with E-state index < -0.39 is 0 Å². The van der Waals surface area contributed by atoms with Gasteiger partial charge >= 0.3 is 0 Å². The van der Waals surface area contributed by atoms with Crippen LogP contribution < -0.4 is 15.4 Å². The summed E-state index contributed by atoms with van der Waals surface area (Å²) in [5.74, 6) is -0.170. The second-order valence-corrected chi connectivity index (χ2v) is 8.03. The Balaban J connectivity index is 1.51. The molecule has 0 unspecified atom stereocenters. The van der Waals surface area contributed by atoms with Crippen molar-refractivity contribution in [1.82, 2.24) is 15.1 Å². The Morgan fingerprint density at radius 2 is 1.91 bits per heavy atom. The van der Waals surface area contributed by atoms with E-state index >= 15 is 0 Å². The van der Waals surface area contributed by atoms with Crippen LogP contribution in [0, 0.1) is 6.92 Å². The molecule has 0 aliphatic carbocycles. The molecule has 0 fully saturated rings. The molecule has 0 saturated carbocycles. The van der Waals surface area contributed by atoms with E-state index in [0.29, 0.717) is 22.7 Å². The number of aromatic nitrogens is 2. The number of carbonyl (C=O) groups excluding carboxylic acids is 2. The zero-order chi connectivity index (χ0) is 22.5. The topological polar surface area (TPSA) is 85.3 Å². The Morgan fingerprint density at radius 3 is 2.62 bits per heavy atom. The van der Waals surface area contributed by atoms with Gasteiger partial charge in [-0.25, -0.2) is 4.68 Å². The molecule has 2 N–H and O–H groups in total. The van der Waals surface area contributed by atoms with E-state index in [-0.39, 0.29) is 18.4 Å². The van der Waals surface area contributed by atoms with Gasteiger partial charge in [0.15, 0.2) is 0 Å². The van der Waals surface area contributed by atoms with Crippen LogP contribution in [0.4, 0.5) is 5.69 Å². The fourth-order valence-electron chi connectivity index (χ4n) is 3.22. The number of amides is 2. The van der Waals surface area contributed by atoms with Gasteiger partial charge < -0.3 is 15.4 Å². The summed E-state index contributed by atoms with van der Waals surface area (Å²) in [5, 5.41) is 12.0. The largest absolute Gasteiger partial charge is 0.495 e. The average molecular weight is 447 g/mol. The maximum atomic E-state index is 13.0. The van der Waals surface area contributed by atoms with E-state index in [1.165, 1.54) is 11.3 Å². The number of thiophene rings is 1. The Labute approximate surface area is 189 Å². The quantitative estimate of drug-likeness (QED) is 0.444. The van der Waals surface area contributed by atoms with Crippen LogP contribution in [0.3, 0.4) is 0 Å². The van der Waals surface area contributed by atoms with E-state index in [0.717, 1.165) is 16.1 Å². The molecule has 8 heteroatoms. The predicted molar refractivity (Wildman–Crippen MR) is 126 cm³/mol. The molecule has 0 atom stereocenters. The number of nitrogens with zero attached hydrogens (tertiary/aromatic N) is 2. The molecule has 4 aromatic rings. The lowest BCUT2D eigenvalue weighted by Crippen LogP contribution is -2.33. The number of carbonyl (C=O) groups is 2. The molecule has 2 heterocycles. The zero-order valence-electron chi connectivity index (χ0n) is 17.7. The molecule has 0 bridgehead atoms. The predicted octanol–water partition coefficient (Wildman–Crippen LogP) is 4.29. The number of nitrogens with one attached hydrogen (secondary N) is 2. The number of methoxy groups -OCH3 is 1. The fourth-order valence-corrected chi connectivity index (χ4v) is 3.94. The summed E-state index contributed by atoms with van der Waals surface area (Å²) in [6, 6.07) is 18.9. The lowest BCUT2D eigenvalue weighted by molar-refractivity contribution is -0.115. The van der Waals surface area contributed by atoms with Crippen LogP contribution in [-0.2, 0) is 4.79 Å². The van der Waals surface area contributed by atoms with Gasteiger partial charge in [0.2, 0.25) is 5.91 Å². The second kappa shape index (κ2) is 9.49. The fraction of sp³-hybridized carbons (Fsp3) is 0.125. The molecule has 2 amide bonds. The number of hydrogen-bond donors (Lipinski definition) is 2. The molecule has 0 spiro atoms. The number of para-hydroxylation sites is 1. The van der Waals surface area contributed by atoms with Crippen molar-refractivity contribution in [3.05, 3.63) is 83.4 Å². The van der Waals surface area contributed by atoms with Crippen LogP contribution >= 0.6 is 11.3 Å². The maximum absolute atomic E-state index is 13.0. The first kappa shape index (κ1) is 21.3. The highest BCUT2D eigenvalue weighted by Gasteiger charge is 2.20. The monoisotopic (exact) mass is 446 g/mol. The van der Waals surface area contributed by atoms with Crippen molar-refractivity contribution in [3.63, 3.8) is 0 Å².